The molecule has 0 saturated heterocycles. The largest absolute Gasteiger partial charge is 0.394 e. The van der Waals surface area contributed by atoms with Gasteiger partial charge in [0.05, 0.1) is 84.2 Å². The Morgan fingerprint density at radius 1 is 0.359 bits per heavy atom. The molecule has 128 heavy (non-hydrogen) atoms. The van der Waals surface area contributed by atoms with Gasteiger partial charge in [0.15, 0.2) is 34.7 Å². The number of nitrogens with two attached hydrogens (primary N) is 1. The SMILES string of the molecule is CNc1noc(-c2c[nH]c(C(=O)NC(CO)c3ccc(F)c(Cl)c3)c2)c1-c1cc(Cl)cc(Cl)c1.Nc1noc(-c2c[nH]c(C(=O)NC(CO)c3cc(Cl)cc(Cl)c3)c2)c1-c1cccc(Cl)c1.O=C(N[C@@H](CO)c1ccc(F)c(Cl)c1)c1cc(-c2oncc2-c2cc(Cl)cc(Cl)c2)c[nH]1.O=C(N[C@@H](CO)c1ccccc1)c1cc(-c2oncc2-c2cc(Cl)cc(Cl)c2)c[nH]1. The van der Waals surface area contributed by atoms with Crippen LogP contribution in [0.15, 0.2) is 243 Å². The summed E-state index contributed by atoms with van der Waals surface area (Å²) in [5, 5.41) is 72.4. The Bertz CT molecular complexity index is 6590. The van der Waals surface area contributed by atoms with Gasteiger partial charge in [-0.25, -0.2) is 8.78 Å². The van der Waals surface area contributed by atoms with Gasteiger partial charge in [0, 0.05) is 110 Å². The lowest BCUT2D eigenvalue weighted by Gasteiger charge is -2.17. The lowest BCUT2D eigenvalue weighted by molar-refractivity contribution is 0.0904. The molecule has 39 heteroatoms. The summed E-state index contributed by atoms with van der Waals surface area (Å²) in [6.45, 7) is -1.36. The van der Waals surface area contributed by atoms with E-state index < -0.39 is 66.7 Å². The van der Waals surface area contributed by atoms with Gasteiger partial charge in [-0.05, 0) is 178 Å². The summed E-state index contributed by atoms with van der Waals surface area (Å²) >= 11 is 66.6. The maximum atomic E-state index is 13.5. The van der Waals surface area contributed by atoms with E-state index >= 15 is 0 Å². The molecule has 16 aromatic rings. The molecule has 8 heterocycles. The summed E-state index contributed by atoms with van der Waals surface area (Å²) in [6.07, 6.45) is 9.54. The van der Waals surface area contributed by atoms with Crippen LogP contribution in [0, 0.1) is 11.6 Å². The van der Waals surface area contributed by atoms with E-state index in [1.807, 2.05) is 36.4 Å². The first-order valence-corrected chi connectivity index (χ1v) is 42.0. The van der Waals surface area contributed by atoms with Crippen molar-refractivity contribution in [2.75, 3.05) is 44.5 Å². The maximum absolute atomic E-state index is 13.5. The number of aliphatic hydroxyl groups is 4. The third-order valence-electron chi connectivity index (χ3n) is 19.3. The highest BCUT2D eigenvalue weighted by Crippen LogP contribution is 2.43. The molecule has 656 valence electrons. The lowest BCUT2D eigenvalue weighted by Crippen LogP contribution is -2.31. The van der Waals surface area contributed by atoms with Crippen LogP contribution in [0.3, 0.4) is 0 Å². The smallest absolute Gasteiger partial charge is 0.268 e. The van der Waals surface area contributed by atoms with Crippen LogP contribution in [-0.2, 0) is 0 Å². The summed E-state index contributed by atoms with van der Waals surface area (Å²) in [5.41, 5.74) is 17.1. The van der Waals surface area contributed by atoms with Crippen molar-refractivity contribution in [3.63, 3.8) is 0 Å². The number of aromatic amines is 4. The van der Waals surface area contributed by atoms with Gasteiger partial charge in [0.2, 0.25) is 0 Å². The zero-order valence-electron chi connectivity index (χ0n) is 65.8. The second-order valence-electron chi connectivity index (χ2n) is 27.9. The first kappa shape index (κ1) is 93.7. The Kier molecular flexibility index (Phi) is 31.3. The average Bonchev–Trinajstić information content (AvgIpc) is 1.67. The van der Waals surface area contributed by atoms with Crippen LogP contribution in [0.1, 0.15) is 88.4 Å². The van der Waals surface area contributed by atoms with Crippen LogP contribution in [-0.4, -0.2) is 118 Å². The van der Waals surface area contributed by atoms with Gasteiger partial charge in [-0.1, -0.05) is 203 Å². The molecule has 0 radical (unpaired) electrons. The third kappa shape index (κ3) is 23.0. The molecular weight excluding hydrogens is 1890 g/mol. The van der Waals surface area contributed by atoms with E-state index in [-0.39, 0.29) is 52.1 Å². The van der Waals surface area contributed by atoms with Gasteiger partial charge >= 0.3 is 0 Å². The minimum Gasteiger partial charge on any atom is -0.394 e. The molecule has 8 aromatic carbocycles. The molecule has 8 aromatic heterocycles. The number of aliphatic hydroxyl groups excluding tert-OH is 4. The summed E-state index contributed by atoms with van der Waals surface area (Å²) in [6, 6.07) is 48.1. The fourth-order valence-electron chi connectivity index (χ4n) is 13.2. The molecule has 0 saturated carbocycles. The number of carbonyl (C=O) groups is 4. The lowest BCUT2D eigenvalue weighted by atomic mass is 10.0. The number of hydrogen-bond acceptors (Lipinski definition) is 18. The first-order chi connectivity index (χ1) is 61.5. The Balaban J connectivity index is 0.000000146. The molecule has 0 bridgehead atoms. The predicted molar refractivity (Wildman–Crippen MR) is 491 cm³/mol. The number of hydrogen-bond donors (Lipinski definition) is 14. The van der Waals surface area contributed by atoms with E-state index in [2.05, 4.69) is 67.1 Å². The number of carbonyl (C=O) groups excluding carboxylic acids is 4. The molecule has 15 N–H and O–H groups in total. The highest BCUT2D eigenvalue weighted by Gasteiger charge is 2.29. The molecule has 0 aliphatic carbocycles. The number of anilines is 2. The van der Waals surface area contributed by atoms with Crippen molar-refractivity contribution < 1.29 is 66.5 Å². The molecular formula is C89H67Cl11F2N14O12. The van der Waals surface area contributed by atoms with Crippen LogP contribution in [0.5, 0.6) is 0 Å². The topological polar surface area (TPSA) is 403 Å². The van der Waals surface area contributed by atoms with Gasteiger partial charge < -0.3 is 90.8 Å². The van der Waals surface area contributed by atoms with Gasteiger partial charge in [0.25, 0.3) is 23.6 Å². The average molecular weight is 1950 g/mol. The highest BCUT2D eigenvalue weighted by atomic mass is 35.5. The van der Waals surface area contributed by atoms with Gasteiger partial charge in [-0.15, -0.1) is 0 Å². The molecule has 4 amide bonds. The Morgan fingerprint density at radius 3 is 1.09 bits per heavy atom. The van der Waals surface area contributed by atoms with E-state index in [4.69, 9.17) is 151 Å². The third-order valence-corrected chi connectivity index (χ3v) is 21.9. The zero-order valence-corrected chi connectivity index (χ0v) is 74.1. The van der Waals surface area contributed by atoms with Crippen LogP contribution < -0.4 is 32.3 Å². The molecule has 4 atom stereocenters. The first-order valence-electron chi connectivity index (χ1n) is 37.9. The fourth-order valence-corrected chi connectivity index (χ4v) is 15.9. The zero-order chi connectivity index (χ0) is 91.1. The van der Waals surface area contributed by atoms with E-state index in [0.717, 1.165) is 16.7 Å². The van der Waals surface area contributed by atoms with E-state index in [9.17, 15) is 48.4 Å². The van der Waals surface area contributed by atoms with Gasteiger partial charge in [0.1, 0.15) is 34.4 Å². The number of benzene rings is 8. The highest BCUT2D eigenvalue weighted by molar-refractivity contribution is 6.37. The molecule has 0 aliphatic heterocycles. The summed E-state index contributed by atoms with van der Waals surface area (Å²) in [5.74, 6) is -0.603. The molecule has 0 fully saturated rings. The molecule has 26 nitrogen and oxygen atoms in total. The number of rotatable bonds is 25. The van der Waals surface area contributed by atoms with Gasteiger partial charge in [-0.2, -0.15) is 0 Å². The Hall–Kier alpha value is -11.9. The summed E-state index contributed by atoms with van der Waals surface area (Å²) < 4.78 is 48.7. The minimum absolute atomic E-state index is 0.101. The molecule has 0 aliphatic rings. The second-order valence-corrected chi connectivity index (χ2v) is 32.6. The van der Waals surface area contributed by atoms with Crippen LogP contribution in [0.2, 0.25) is 55.2 Å². The number of halogens is 13. The van der Waals surface area contributed by atoms with Gasteiger partial charge in [-0.3, -0.25) is 19.2 Å². The molecule has 0 spiro atoms. The quantitative estimate of drug-likeness (QED) is 0.0253. The molecule has 16 rings (SSSR count). The van der Waals surface area contributed by atoms with E-state index in [1.54, 1.807) is 153 Å². The van der Waals surface area contributed by atoms with Crippen molar-refractivity contribution >= 4 is 163 Å². The second kappa shape index (κ2) is 42.8. The monoisotopic (exact) mass is 1950 g/mol. The van der Waals surface area contributed by atoms with Crippen molar-refractivity contribution in [2.24, 2.45) is 0 Å². The van der Waals surface area contributed by atoms with Crippen molar-refractivity contribution in [1.82, 2.24) is 61.8 Å². The van der Waals surface area contributed by atoms with E-state index in [1.165, 1.54) is 42.6 Å². The number of nitrogens with zero attached hydrogens (tertiary/aromatic N) is 4. The van der Waals surface area contributed by atoms with Crippen molar-refractivity contribution in [3.05, 3.63) is 337 Å². The number of nitrogens with one attached hydrogen (secondary N) is 9. The van der Waals surface area contributed by atoms with Crippen molar-refractivity contribution in [1.29, 1.82) is 0 Å². The van der Waals surface area contributed by atoms with E-state index in [0.29, 0.717) is 152 Å². The van der Waals surface area contributed by atoms with Crippen molar-refractivity contribution in [3.8, 4) is 89.8 Å². The van der Waals surface area contributed by atoms with Crippen LogP contribution >= 0.6 is 128 Å². The minimum atomic E-state index is -0.789. The number of nitrogen functional groups attached to an aromatic ring is 1. The van der Waals surface area contributed by atoms with Crippen molar-refractivity contribution in [2.45, 2.75) is 24.2 Å². The maximum Gasteiger partial charge on any atom is 0.268 e. The van der Waals surface area contributed by atoms with Crippen LogP contribution in [0.4, 0.5) is 20.4 Å². The summed E-state index contributed by atoms with van der Waals surface area (Å²) in [7, 11) is 1.70. The molecule has 2 unspecified atom stereocenters. The number of amides is 4. The van der Waals surface area contributed by atoms with Crippen LogP contribution in [0.25, 0.3) is 89.8 Å². The standard InChI is InChI=1S/C23H18Cl3FN4O3.C22H15Cl3FN3O3.C22H17Cl3N4O3.C22H17Cl2N3O3/c1-28-22-20(12-4-14(24)8-15(25)5-12)21(34-31-22)13-7-18(29-9-13)23(33)30-19(10-32)11-2-3-17(27)16(26)6-11;23-14-3-12(4-15(24)7-14)16-9-28-32-21(16)13-6-19(27-8-13)22(31)29-20(10-30)11-1-2-18(26)17(25)5-11;23-14-3-1-2-11(4-14)19-20(32-29-21(19)26)13-7-17(27-9-13)22(31)28-18(10-30)12-5-15(24)8-16(25)6-12;23-16-6-14(7-17(24)9-16)18-11-26-30-21(18)15-8-19(25-10-15)22(29)27-20(12-28)13-4-2-1-3-5-13/h2-9,19,29,32H,10H2,1H3,(H,28,31)(H,30,33);1-9,20,27,30H,10H2,(H,29,31);1-9,18,27,30H,10H2,(H2,26,29)(H,28,31);1-11,20,25,28H,12H2,(H,27,29)/t;20-;;20-/m.0.0/s1. The predicted octanol–water partition coefficient (Wildman–Crippen LogP) is 22.3. The number of aromatic nitrogens is 8. The summed E-state index contributed by atoms with van der Waals surface area (Å²) in [4.78, 5) is 62.7. The normalized spacial score (nSPS) is 12.0. The Labute approximate surface area is 780 Å². The fraction of sp³-hybridized carbons (Fsp3) is 0.101. The Morgan fingerprint density at radius 2 is 0.711 bits per heavy atom. The number of H-pyrrole nitrogens is 4.